The summed E-state index contributed by atoms with van der Waals surface area (Å²) in [6, 6.07) is 7.37. The van der Waals surface area contributed by atoms with E-state index in [9.17, 15) is 5.11 Å². The van der Waals surface area contributed by atoms with E-state index in [1.807, 2.05) is 18.2 Å². The lowest BCUT2D eigenvalue weighted by molar-refractivity contribution is 0.178. The van der Waals surface area contributed by atoms with Crippen molar-refractivity contribution in [2.45, 2.75) is 12.5 Å². The summed E-state index contributed by atoms with van der Waals surface area (Å²) in [5, 5.41) is 10.8. The molecule has 0 fully saturated rings. The highest BCUT2D eigenvalue weighted by Gasteiger charge is 2.10. The number of hydrogen-bond donors (Lipinski definition) is 1. The highest BCUT2D eigenvalue weighted by atomic mass is 79.9. The standard InChI is InChI=1S/C13H10Br2ClNO/c14-10-3-8(6-17-7-10)4-13(18)9-1-2-12(16)11(15)5-9/h1-3,5-7,13,18H,4H2. The SMILES string of the molecule is OC(Cc1cncc(Br)c1)c1ccc(Cl)c(Br)c1. The molecule has 1 unspecified atom stereocenters. The van der Waals surface area contributed by atoms with Gasteiger partial charge in [0.2, 0.25) is 0 Å². The van der Waals surface area contributed by atoms with Crippen molar-refractivity contribution in [3.8, 4) is 0 Å². The Hall–Kier alpha value is -0.420. The summed E-state index contributed by atoms with van der Waals surface area (Å²) in [5.74, 6) is 0. The van der Waals surface area contributed by atoms with E-state index in [4.69, 9.17) is 11.6 Å². The molecule has 0 amide bonds. The van der Waals surface area contributed by atoms with Crippen molar-refractivity contribution in [3.63, 3.8) is 0 Å². The van der Waals surface area contributed by atoms with Gasteiger partial charge in [0.25, 0.3) is 0 Å². The third-order valence-corrected chi connectivity index (χ3v) is 4.17. The van der Waals surface area contributed by atoms with Crippen molar-refractivity contribution in [1.29, 1.82) is 0 Å². The lowest BCUT2D eigenvalue weighted by Crippen LogP contribution is -2.02. The molecule has 0 bridgehead atoms. The van der Waals surface area contributed by atoms with Gasteiger partial charge in [0.05, 0.1) is 11.1 Å². The van der Waals surface area contributed by atoms with Crippen LogP contribution in [-0.2, 0) is 6.42 Å². The molecule has 0 radical (unpaired) electrons. The van der Waals surface area contributed by atoms with Gasteiger partial charge < -0.3 is 5.11 Å². The Bertz CT molecular complexity index is 562. The van der Waals surface area contributed by atoms with Gasteiger partial charge in [-0.25, -0.2) is 0 Å². The molecule has 94 valence electrons. The molecular formula is C13H10Br2ClNO. The van der Waals surface area contributed by atoms with Crippen molar-refractivity contribution in [2.75, 3.05) is 0 Å². The van der Waals surface area contributed by atoms with Gasteiger partial charge in [-0.1, -0.05) is 17.7 Å². The van der Waals surface area contributed by atoms with Crippen LogP contribution in [0, 0.1) is 0 Å². The van der Waals surface area contributed by atoms with Gasteiger partial charge in [0, 0.05) is 27.8 Å². The van der Waals surface area contributed by atoms with Crippen LogP contribution >= 0.6 is 43.5 Å². The Morgan fingerprint density at radius 2 is 2.00 bits per heavy atom. The molecule has 1 aromatic heterocycles. The molecular weight excluding hydrogens is 381 g/mol. The molecule has 2 aromatic rings. The number of nitrogens with zero attached hydrogens (tertiary/aromatic N) is 1. The van der Waals surface area contributed by atoms with Crippen LogP contribution in [0.3, 0.4) is 0 Å². The van der Waals surface area contributed by atoms with Gasteiger partial charge in [0.1, 0.15) is 0 Å². The van der Waals surface area contributed by atoms with Gasteiger partial charge >= 0.3 is 0 Å². The first kappa shape index (κ1) is 14.0. The van der Waals surface area contributed by atoms with E-state index in [1.165, 1.54) is 0 Å². The fraction of sp³-hybridized carbons (Fsp3) is 0.154. The Balaban J connectivity index is 2.16. The molecule has 0 saturated carbocycles. The number of benzene rings is 1. The third kappa shape index (κ3) is 3.54. The number of hydrogen-bond acceptors (Lipinski definition) is 2. The van der Waals surface area contributed by atoms with Crippen LogP contribution in [0.4, 0.5) is 0 Å². The maximum Gasteiger partial charge on any atom is 0.0831 e. The Morgan fingerprint density at radius 1 is 1.22 bits per heavy atom. The van der Waals surface area contributed by atoms with E-state index in [0.29, 0.717) is 11.4 Å². The third-order valence-electron chi connectivity index (χ3n) is 2.52. The van der Waals surface area contributed by atoms with Crippen LogP contribution < -0.4 is 0 Å². The predicted octanol–water partition coefficient (Wildman–Crippen LogP) is 4.54. The number of aromatic nitrogens is 1. The van der Waals surface area contributed by atoms with Gasteiger partial charge in [0.15, 0.2) is 0 Å². The van der Waals surface area contributed by atoms with Crippen molar-refractivity contribution in [2.24, 2.45) is 0 Å². The number of rotatable bonds is 3. The Morgan fingerprint density at radius 3 is 2.67 bits per heavy atom. The predicted molar refractivity (Wildman–Crippen MR) is 79.8 cm³/mol. The summed E-state index contributed by atoms with van der Waals surface area (Å²) in [5.41, 5.74) is 1.80. The van der Waals surface area contributed by atoms with Crippen LogP contribution in [0.2, 0.25) is 5.02 Å². The smallest absolute Gasteiger partial charge is 0.0831 e. The molecule has 0 aliphatic carbocycles. The second-order valence-corrected chi connectivity index (χ2v) is 6.08. The van der Waals surface area contributed by atoms with Crippen molar-refractivity contribution >= 4 is 43.5 Å². The fourth-order valence-corrected chi connectivity index (χ4v) is 2.55. The maximum absolute atomic E-state index is 10.2. The van der Waals surface area contributed by atoms with Gasteiger partial charge in [-0.2, -0.15) is 0 Å². The topological polar surface area (TPSA) is 33.1 Å². The zero-order chi connectivity index (χ0) is 13.1. The lowest BCUT2D eigenvalue weighted by Gasteiger charge is -2.12. The van der Waals surface area contributed by atoms with E-state index in [2.05, 4.69) is 36.8 Å². The fourth-order valence-electron chi connectivity index (χ4n) is 1.63. The van der Waals surface area contributed by atoms with Gasteiger partial charge in [-0.3, -0.25) is 4.98 Å². The normalized spacial score (nSPS) is 12.4. The number of aliphatic hydroxyl groups excluding tert-OH is 1. The molecule has 5 heteroatoms. The van der Waals surface area contributed by atoms with Crippen LogP contribution in [0.25, 0.3) is 0 Å². The van der Waals surface area contributed by atoms with E-state index in [-0.39, 0.29) is 0 Å². The minimum atomic E-state index is -0.574. The molecule has 2 nitrogen and oxygen atoms in total. The van der Waals surface area contributed by atoms with Crippen molar-refractivity contribution in [1.82, 2.24) is 4.98 Å². The largest absolute Gasteiger partial charge is 0.388 e. The molecule has 0 aliphatic rings. The van der Waals surface area contributed by atoms with Crippen LogP contribution in [0.5, 0.6) is 0 Å². The highest BCUT2D eigenvalue weighted by Crippen LogP contribution is 2.27. The Kier molecular flexibility index (Phi) is 4.78. The minimum absolute atomic E-state index is 0.514. The van der Waals surface area contributed by atoms with E-state index < -0.39 is 6.10 Å². The van der Waals surface area contributed by atoms with Crippen LogP contribution in [0.15, 0.2) is 45.6 Å². The zero-order valence-corrected chi connectivity index (χ0v) is 13.2. The summed E-state index contributed by atoms with van der Waals surface area (Å²) in [6.45, 7) is 0. The summed E-state index contributed by atoms with van der Waals surface area (Å²) >= 11 is 12.6. The van der Waals surface area contributed by atoms with Crippen LogP contribution in [-0.4, -0.2) is 10.1 Å². The molecule has 1 aromatic carbocycles. The minimum Gasteiger partial charge on any atom is -0.388 e. The number of aliphatic hydroxyl groups is 1. The first-order valence-electron chi connectivity index (χ1n) is 5.28. The van der Waals surface area contributed by atoms with E-state index in [0.717, 1.165) is 20.1 Å². The molecule has 1 atom stereocenters. The zero-order valence-electron chi connectivity index (χ0n) is 9.28. The molecule has 0 spiro atoms. The summed E-state index contributed by atoms with van der Waals surface area (Å²) in [4.78, 5) is 4.07. The van der Waals surface area contributed by atoms with E-state index >= 15 is 0 Å². The summed E-state index contributed by atoms with van der Waals surface area (Å²) in [7, 11) is 0. The summed E-state index contributed by atoms with van der Waals surface area (Å²) in [6.07, 6.45) is 3.41. The number of halogens is 3. The quantitative estimate of drug-likeness (QED) is 0.834. The van der Waals surface area contributed by atoms with Crippen LogP contribution in [0.1, 0.15) is 17.2 Å². The maximum atomic E-state index is 10.2. The van der Waals surface area contributed by atoms with Gasteiger partial charge in [-0.05, 0) is 61.2 Å². The van der Waals surface area contributed by atoms with Crippen molar-refractivity contribution in [3.05, 3.63) is 61.8 Å². The molecule has 1 heterocycles. The first-order chi connectivity index (χ1) is 8.56. The van der Waals surface area contributed by atoms with E-state index in [1.54, 1.807) is 18.5 Å². The highest BCUT2D eigenvalue weighted by molar-refractivity contribution is 9.10. The molecule has 0 aliphatic heterocycles. The molecule has 0 saturated heterocycles. The molecule has 2 rings (SSSR count). The first-order valence-corrected chi connectivity index (χ1v) is 7.25. The average molecular weight is 391 g/mol. The summed E-state index contributed by atoms with van der Waals surface area (Å²) < 4.78 is 1.69. The molecule has 1 N–H and O–H groups in total. The van der Waals surface area contributed by atoms with Gasteiger partial charge in [-0.15, -0.1) is 0 Å². The lowest BCUT2D eigenvalue weighted by atomic mass is 10.0. The second kappa shape index (κ2) is 6.15. The molecule has 18 heavy (non-hydrogen) atoms. The Labute approximate surface area is 127 Å². The monoisotopic (exact) mass is 389 g/mol. The number of pyridine rings is 1. The second-order valence-electron chi connectivity index (χ2n) is 3.90. The average Bonchev–Trinajstić information content (AvgIpc) is 2.32. The van der Waals surface area contributed by atoms with Crippen molar-refractivity contribution < 1.29 is 5.11 Å².